The molecule has 4 heteroatoms. The molecular weight excluding hydrogens is 238 g/mol. The molecule has 0 bridgehead atoms. The van der Waals surface area contributed by atoms with E-state index >= 15 is 0 Å². The van der Waals surface area contributed by atoms with E-state index in [1.165, 1.54) is 18.5 Å². The molecule has 3 rings (SSSR count). The molecule has 2 heterocycles. The lowest BCUT2D eigenvalue weighted by atomic mass is 10.2. The number of carbonyl (C=O) groups excluding carboxylic acids is 1. The topological polar surface area (TPSA) is 44.4 Å². The molecule has 0 saturated carbocycles. The summed E-state index contributed by atoms with van der Waals surface area (Å²) in [6, 6.07) is 8.19. The fourth-order valence-electron chi connectivity index (χ4n) is 2.87. The second kappa shape index (κ2) is 5.61. The number of carbonyl (C=O) groups is 1. The summed E-state index contributed by atoms with van der Waals surface area (Å²) in [6.45, 7) is 3.25. The number of anilines is 2. The first-order valence-electron chi connectivity index (χ1n) is 7.22. The van der Waals surface area contributed by atoms with Crippen LogP contribution in [0, 0.1) is 0 Å². The van der Waals surface area contributed by atoms with E-state index in [4.69, 9.17) is 0 Å². The number of amides is 1. The first-order valence-corrected chi connectivity index (χ1v) is 7.22. The summed E-state index contributed by atoms with van der Waals surface area (Å²) < 4.78 is 0. The molecule has 0 unspecified atom stereocenters. The van der Waals surface area contributed by atoms with Gasteiger partial charge in [-0.25, -0.2) is 0 Å². The second-order valence-corrected chi connectivity index (χ2v) is 5.38. The predicted molar refractivity (Wildman–Crippen MR) is 77.5 cm³/mol. The van der Waals surface area contributed by atoms with Gasteiger partial charge in [0.1, 0.15) is 0 Å². The predicted octanol–water partition coefficient (Wildman–Crippen LogP) is 1.98. The van der Waals surface area contributed by atoms with Crippen LogP contribution in [0.5, 0.6) is 0 Å². The molecule has 1 aromatic carbocycles. The van der Waals surface area contributed by atoms with E-state index in [1.807, 2.05) is 12.1 Å². The van der Waals surface area contributed by atoms with E-state index in [0.29, 0.717) is 0 Å². The Bertz CT molecular complexity index is 431. The van der Waals surface area contributed by atoms with Crippen LogP contribution in [0.15, 0.2) is 24.3 Å². The van der Waals surface area contributed by atoms with Gasteiger partial charge in [0.15, 0.2) is 0 Å². The summed E-state index contributed by atoms with van der Waals surface area (Å²) in [6.07, 6.45) is 4.60. The van der Waals surface area contributed by atoms with Crippen molar-refractivity contribution in [2.45, 2.75) is 31.7 Å². The van der Waals surface area contributed by atoms with Crippen LogP contribution in [0.2, 0.25) is 0 Å². The zero-order valence-electron chi connectivity index (χ0n) is 11.2. The van der Waals surface area contributed by atoms with E-state index in [0.717, 1.165) is 38.2 Å². The molecule has 102 valence electrons. The van der Waals surface area contributed by atoms with Crippen LogP contribution in [0.25, 0.3) is 0 Å². The van der Waals surface area contributed by atoms with Crippen LogP contribution in [0.3, 0.4) is 0 Å². The summed E-state index contributed by atoms with van der Waals surface area (Å²) >= 11 is 0. The van der Waals surface area contributed by atoms with Crippen LogP contribution in [-0.4, -0.2) is 31.6 Å². The van der Waals surface area contributed by atoms with Crippen LogP contribution in [0.1, 0.15) is 25.7 Å². The summed E-state index contributed by atoms with van der Waals surface area (Å²) in [5.74, 6) is 0.0893. The Morgan fingerprint density at radius 3 is 2.53 bits per heavy atom. The van der Waals surface area contributed by atoms with Crippen molar-refractivity contribution in [1.82, 2.24) is 5.32 Å². The SMILES string of the molecule is O=C(Nc1ccc(N2CCCC2)cc1)[C@@H]1CCCN1. The normalized spacial score (nSPS) is 22.7. The highest BCUT2D eigenvalue weighted by Gasteiger charge is 2.21. The minimum Gasteiger partial charge on any atom is -0.372 e. The number of rotatable bonds is 3. The Balaban J connectivity index is 1.60. The van der Waals surface area contributed by atoms with E-state index in [-0.39, 0.29) is 11.9 Å². The van der Waals surface area contributed by atoms with E-state index in [1.54, 1.807) is 0 Å². The van der Waals surface area contributed by atoms with Crippen molar-refractivity contribution in [2.75, 3.05) is 29.9 Å². The van der Waals surface area contributed by atoms with E-state index < -0.39 is 0 Å². The zero-order chi connectivity index (χ0) is 13.1. The average Bonchev–Trinajstić information content (AvgIpc) is 3.13. The highest BCUT2D eigenvalue weighted by Crippen LogP contribution is 2.22. The van der Waals surface area contributed by atoms with Crippen molar-refractivity contribution < 1.29 is 4.79 Å². The van der Waals surface area contributed by atoms with Gasteiger partial charge in [0.25, 0.3) is 0 Å². The highest BCUT2D eigenvalue weighted by atomic mass is 16.2. The van der Waals surface area contributed by atoms with Gasteiger partial charge >= 0.3 is 0 Å². The molecule has 0 aliphatic carbocycles. The third kappa shape index (κ3) is 2.89. The largest absolute Gasteiger partial charge is 0.372 e. The first-order chi connectivity index (χ1) is 9.33. The summed E-state index contributed by atoms with van der Waals surface area (Å²) in [7, 11) is 0. The van der Waals surface area contributed by atoms with E-state index in [9.17, 15) is 4.79 Å². The fourth-order valence-corrected chi connectivity index (χ4v) is 2.87. The Labute approximate surface area is 114 Å². The molecule has 2 saturated heterocycles. The van der Waals surface area contributed by atoms with Gasteiger partial charge in [-0.2, -0.15) is 0 Å². The van der Waals surface area contributed by atoms with Crippen LogP contribution >= 0.6 is 0 Å². The molecule has 19 heavy (non-hydrogen) atoms. The van der Waals surface area contributed by atoms with Gasteiger partial charge in [-0.3, -0.25) is 4.79 Å². The Hall–Kier alpha value is -1.55. The van der Waals surface area contributed by atoms with Crippen molar-refractivity contribution in [3.8, 4) is 0 Å². The summed E-state index contributed by atoms with van der Waals surface area (Å²) in [4.78, 5) is 14.4. The zero-order valence-corrected chi connectivity index (χ0v) is 11.2. The number of benzene rings is 1. The lowest BCUT2D eigenvalue weighted by Crippen LogP contribution is -2.35. The minimum absolute atomic E-state index is 0.0155. The third-order valence-electron chi connectivity index (χ3n) is 3.98. The highest BCUT2D eigenvalue weighted by molar-refractivity contribution is 5.95. The lowest BCUT2D eigenvalue weighted by molar-refractivity contribution is -0.117. The van der Waals surface area contributed by atoms with Crippen LogP contribution in [-0.2, 0) is 4.79 Å². The molecule has 0 spiro atoms. The average molecular weight is 259 g/mol. The van der Waals surface area contributed by atoms with Gasteiger partial charge in [-0.1, -0.05) is 0 Å². The molecule has 1 atom stereocenters. The Morgan fingerprint density at radius 2 is 1.89 bits per heavy atom. The van der Waals surface area contributed by atoms with Gasteiger partial charge in [0.2, 0.25) is 5.91 Å². The number of nitrogens with zero attached hydrogens (tertiary/aromatic N) is 1. The standard InChI is InChI=1S/C15H21N3O/c19-15(14-4-3-9-16-14)17-12-5-7-13(8-6-12)18-10-1-2-11-18/h5-8,14,16H,1-4,9-11H2,(H,17,19)/t14-/m0/s1. The molecule has 2 fully saturated rings. The Morgan fingerprint density at radius 1 is 1.16 bits per heavy atom. The number of nitrogens with one attached hydrogen (secondary N) is 2. The minimum atomic E-state index is -0.0155. The van der Waals surface area contributed by atoms with Crippen molar-refractivity contribution >= 4 is 17.3 Å². The lowest BCUT2D eigenvalue weighted by Gasteiger charge is -2.18. The maximum absolute atomic E-state index is 12.0. The maximum atomic E-state index is 12.0. The Kier molecular flexibility index (Phi) is 3.69. The van der Waals surface area contributed by atoms with E-state index in [2.05, 4.69) is 27.7 Å². The monoisotopic (exact) mass is 259 g/mol. The third-order valence-corrected chi connectivity index (χ3v) is 3.98. The molecule has 1 aromatic rings. The first kappa shape index (κ1) is 12.5. The summed E-state index contributed by atoms with van der Waals surface area (Å²) in [5, 5.41) is 6.19. The molecule has 2 N–H and O–H groups in total. The van der Waals surface area contributed by atoms with Crippen LogP contribution in [0.4, 0.5) is 11.4 Å². The smallest absolute Gasteiger partial charge is 0.241 e. The fraction of sp³-hybridized carbons (Fsp3) is 0.533. The van der Waals surface area contributed by atoms with Crippen molar-refractivity contribution in [1.29, 1.82) is 0 Å². The van der Waals surface area contributed by atoms with Gasteiger partial charge in [-0.15, -0.1) is 0 Å². The molecule has 4 nitrogen and oxygen atoms in total. The van der Waals surface area contributed by atoms with Crippen molar-refractivity contribution in [3.63, 3.8) is 0 Å². The molecule has 2 aliphatic heterocycles. The van der Waals surface area contributed by atoms with Crippen LogP contribution < -0.4 is 15.5 Å². The summed E-state index contributed by atoms with van der Waals surface area (Å²) in [5.41, 5.74) is 2.15. The second-order valence-electron chi connectivity index (χ2n) is 5.38. The van der Waals surface area contributed by atoms with Gasteiger partial charge in [-0.05, 0) is 56.5 Å². The van der Waals surface area contributed by atoms with Crippen molar-refractivity contribution in [3.05, 3.63) is 24.3 Å². The van der Waals surface area contributed by atoms with Gasteiger partial charge in [0, 0.05) is 24.5 Å². The molecule has 0 radical (unpaired) electrons. The quantitative estimate of drug-likeness (QED) is 0.872. The molecule has 1 amide bonds. The van der Waals surface area contributed by atoms with Gasteiger partial charge < -0.3 is 15.5 Å². The molecule has 0 aromatic heterocycles. The molecule has 2 aliphatic rings. The number of hydrogen-bond donors (Lipinski definition) is 2. The number of hydrogen-bond acceptors (Lipinski definition) is 3. The van der Waals surface area contributed by atoms with Crippen molar-refractivity contribution in [2.24, 2.45) is 0 Å². The maximum Gasteiger partial charge on any atom is 0.241 e. The van der Waals surface area contributed by atoms with Gasteiger partial charge in [0.05, 0.1) is 6.04 Å². The molecular formula is C15H21N3O.